The zero-order valence-corrected chi connectivity index (χ0v) is 14.3. The van der Waals surface area contributed by atoms with Gasteiger partial charge in [-0.2, -0.15) is 0 Å². The molecule has 0 spiro atoms. The fraction of sp³-hybridized carbons (Fsp3) is 0.556. The number of nitrogens with zero attached hydrogens (tertiary/aromatic N) is 2. The minimum absolute atomic E-state index is 0.0607. The topological polar surface area (TPSA) is 68.3 Å². The van der Waals surface area contributed by atoms with E-state index in [2.05, 4.69) is 0 Å². The van der Waals surface area contributed by atoms with Crippen LogP contribution in [0.2, 0.25) is 0 Å². The highest BCUT2D eigenvalue weighted by Crippen LogP contribution is 2.32. The van der Waals surface area contributed by atoms with E-state index in [1.54, 1.807) is 11.9 Å². The van der Waals surface area contributed by atoms with E-state index in [1.807, 2.05) is 23.1 Å². The normalized spacial score (nSPS) is 25.1. The number of fused-ring (bicyclic) bond motifs is 4. The SMILES string of the molecule is CN1C(=O)[C@H]2COC[C@@H]1CN(C(=O)CCc1ccc3c(c1)OCO3)C2. The Balaban J connectivity index is 1.40. The molecule has 134 valence electrons. The van der Waals surface area contributed by atoms with E-state index in [9.17, 15) is 9.59 Å². The van der Waals surface area contributed by atoms with Crippen LogP contribution in [0.3, 0.4) is 0 Å². The van der Waals surface area contributed by atoms with Crippen LogP contribution in [0.25, 0.3) is 0 Å². The number of hydrogen-bond acceptors (Lipinski definition) is 5. The van der Waals surface area contributed by atoms with E-state index in [4.69, 9.17) is 14.2 Å². The van der Waals surface area contributed by atoms with Crippen LogP contribution in [0.15, 0.2) is 18.2 Å². The number of hydrogen-bond donors (Lipinski definition) is 0. The van der Waals surface area contributed by atoms with Gasteiger partial charge in [-0.1, -0.05) is 6.07 Å². The largest absolute Gasteiger partial charge is 0.454 e. The molecule has 2 atom stereocenters. The Morgan fingerprint density at radius 2 is 2.04 bits per heavy atom. The summed E-state index contributed by atoms with van der Waals surface area (Å²) in [6.45, 7) is 2.12. The lowest BCUT2D eigenvalue weighted by molar-refractivity contribution is -0.134. The minimum atomic E-state index is -0.257. The number of amides is 2. The van der Waals surface area contributed by atoms with Crippen molar-refractivity contribution in [1.82, 2.24) is 9.80 Å². The number of ether oxygens (including phenoxy) is 3. The van der Waals surface area contributed by atoms with E-state index >= 15 is 0 Å². The Morgan fingerprint density at radius 3 is 2.92 bits per heavy atom. The standard InChI is InChI=1S/C18H22N2O5/c1-19-14-8-20(7-13(18(19)22)9-23-10-14)17(21)5-3-12-2-4-15-16(6-12)25-11-24-15/h2,4,6,13-14H,3,5,7-11H2,1H3/t13-,14+/m1/s1. The van der Waals surface area contributed by atoms with Crippen molar-refractivity contribution in [3.63, 3.8) is 0 Å². The third-order valence-corrected chi connectivity index (χ3v) is 5.16. The molecule has 1 aromatic carbocycles. The van der Waals surface area contributed by atoms with Crippen LogP contribution in [0.5, 0.6) is 11.5 Å². The average molecular weight is 346 g/mol. The van der Waals surface area contributed by atoms with Gasteiger partial charge in [-0.25, -0.2) is 0 Å². The van der Waals surface area contributed by atoms with Gasteiger partial charge >= 0.3 is 0 Å². The highest BCUT2D eigenvalue weighted by molar-refractivity contribution is 5.82. The molecule has 2 bridgehead atoms. The van der Waals surface area contributed by atoms with Crippen molar-refractivity contribution >= 4 is 11.8 Å². The monoisotopic (exact) mass is 346 g/mol. The van der Waals surface area contributed by atoms with E-state index in [1.165, 1.54) is 0 Å². The Morgan fingerprint density at radius 1 is 1.20 bits per heavy atom. The van der Waals surface area contributed by atoms with Gasteiger partial charge in [-0.3, -0.25) is 9.59 Å². The first kappa shape index (κ1) is 16.2. The van der Waals surface area contributed by atoms with Gasteiger partial charge in [-0.05, 0) is 24.1 Å². The number of carbonyl (C=O) groups is 2. The van der Waals surface area contributed by atoms with E-state index in [0.29, 0.717) is 39.1 Å². The molecule has 2 amide bonds. The van der Waals surface area contributed by atoms with Crippen LogP contribution in [0.4, 0.5) is 0 Å². The molecule has 0 unspecified atom stereocenters. The van der Waals surface area contributed by atoms with Crippen LogP contribution in [-0.4, -0.2) is 67.8 Å². The van der Waals surface area contributed by atoms with Crippen molar-refractivity contribution in [2.75, 3.05) is 40.1 Å². The quantitative estimate of drug-likeness (QED) is 0.804. The number of rotatable bonds is 3. The molecule has 4 rings (SSSR count). The zero-order valence-electron chi connectivity index (χ0n) is 14.3. The van der Waals surface area contributed by atoms with Crippen LogP contribution >= 0.6 is 0 Å². The van der Waals surface area contributed by atoms with Crippen molar-refractivity contribution in [2.45, 2.75) is 18.9 Å². The molecule has 2 fully saturated rings. The first-order valence-electron chi connectivity index (χ1n) is 8.62. The van der Waals surface area contributed by atoms with Crippen LogP contribution in [0, 0.1) is 5.92 Å². The molecule has 25 heavy (non-hydrogen) atoms. The summed E-state index contributed by atoms with van der Waals surface area (Å²) in [6.07, 6.45) is 1.05. The van der Waals surface area contributed by atoms with Gasteiger partial charge in [0, 0.05) is 26.6 Å². The molecule has 3 aliphatic rings. The van der Waals surface area contributed by atoms with Crippen molar-refractivity contribution in [3.05, 3.63) is 23.8 Å². The van der Waals surface area contributed by atoms with Gasteiger partial charge in [0.05, 0.1) is 25.2 Å². The third-order valence-electron chi connectivity index (χ3n) is 5.16. The highest BCUT2D eigenvalue weighted by atomic mass is 16.7. The second-order valence-electron chi connectivity index (χ2n) is 6.82. The predicted octanol–water partition coefficient (Wildman–Crippen LogP) is 0.663. The van der Waals surface area contributed by atoms with Crippen molar-refractivity contribution in [1.29, 1.82) is 0 Å². The zero-order chi connectivity index (χ0) is 17.4. The van der Waals surface area contributed by atoms with Gasteiger partial charge in [0.15, 0.2) is 11.5 Å². The molecule has 3 heterocycles. The van der Waals surface area contributed by atoms with Gasteiger partial charge in [-0.15, -0.1) is 0 Å². The predicted molar refractivity (Wildman–Crippen MR) is 88.3 cm³/mol. The summed E-state index contributed by atoms with van der Waals surface area (Å²) < 4.78 is 16.3. The lowest BCUT2D eigenvalue weighted by Crippen LogP contribution is -2.45. The molecule has 7 nitrogen and oxygen atoms in total. The number of benzene rings is 1. The Bertz CT molecular complexity index is 692. The van der Waals surface area contributed by atoms with Crippen LogP contribution in [0.1, 0.15) is 12.0 Å². The maximum atomic E-state index is 12.7. The number of carbonyl (C=O) groups excluding carboxylic acids is 2. The fourth-order valence-electron chi connectivity index (χ4n) is 3.61. The highest BCUT2D eigenvalue weighted by Gasteiger charge is 2.38. The molecule has 1 aromatic rings. The summed E-state index contributed by atoms with van der Waals surface area (Å²) in [5, 5.41) is 0. The second-order valence-corrected chi connectivity index (χ2v) is 6.82. The summed E-state index contributed by atoms with van der Waals surface area (Å²) in [6, 6.07) is 5.71. The Kier molecular flexibility index (Phi) is 4.25. The maximum absolute atomic E-state index is 12.7. The second kappa shape index (κ2) is 6.55. The summed E-state index contributed by atoms with van der Waals surface area (Å²) >= 11 is 0. The first-order valence-corrected chi connectivity index (χ1v) is 8.62. The van der Waals surface area contributed by atoms with Crippen molar-refractivity contribution in [3.8, 4) is 11.5 Å². The Hall–Kier alpha value is -2.28. The van der Waals surface area contributed by atoms with Crippen LogP contribution in [-0.2, 0) is 20.7 Å². The van der Waals surface area contributed by atoms with Gasteiger partial charge in [0.2, 0.25) is 18.6 Å². The molecule has 0 saturated carbocycles. The van der Waals surface area contributed by atoms with Gasteiger partial charge in [0.25, 0.3) is 0 Å². The lowest BCUT2D eigenvalue weighted by Gasteiger charge is -2.29. The molecule has 3 aliphatic heterocycles. The summed E-state index contributed by atoms with van der Waals surface area (Å²) in [4.78, 5) is 28.6. The summed E-state index contributed by atoms with van der Waals surface area (Å²) in [5.74, 6) is 1.38. The van der Waals surface area contributed by atoms with E-state index < -0.39 is 0 Å². The smallest absolute Gasteiger partial charge is 0.231 e. The summed E-state index contributed by atoms with van der Waals surface area (Å²) in [5.41, 5.74) is 1.05. The maximum Gasteiger partial charge on any atom is 0.231 e. The number of aryl methyl sites for hydroxylation is 1. The molecular formula is C18H22N2O5. The molecule has 0 aromatic heterocycles. The lowest BCUT2D eigenvalue weighted by atomic mass is 10.1. The van der Waals surface area contributed by atoms with Crippen molar-refractivity contribution < 1.29 is 23.8 Å². The minimum Gasteiger partial charge on any atom is -0.454 e. The molecule has 7 heteroatoms. The Labute approximate surface area is 146 Å². The number of likely N-dealkylation sites (N-methyl/N-ethyl adjacent to an activating group) is 1. The molecule has 2 saturated heterocycles. The first-order chi connectivity index (χ1) is 12.1. The fourth-order valence-corrected chi connectivity index (χ4v) is 3.61. The van der Waals surface area contributed by atoms with Gasteiger partial charge in [0.1, 0.15) is 0 Å². The third kappa shape index (κ3) is 3.16. The van der Waals surface area contributed by atoms with E-state index in [0.717, 1.165) is 17.1 Å². The van der Waals surface area contributed by atoms with Gasteiger partial charge < -0.3 is 24.0 Å². The van der Waals surface area contributed by atoms with E-state index in [-0.39, 0.29) is 30.6 Å². The molecule has 0 radical (unpaired) electrons. The molecule has 0 N–H and O–H groups in total. The van der Waals surface area contributed by atoms with Crippen LogP contribution < -0.4 is 9.47 Å². The molecular weight excluding hydrogens is 324 g/mol. The molecule has 0 aliphatic carbocycles. The average Bonchev–Trinajstić information content (AvgIpc) is 2.97. The van der Waals surface area contributed by atoms with Crippen molar-refractivity contribution in [2.24, 2.45) is 5.92 Å². The summed E-state index contributed by atoms with van der Waals surface area (Å²) in [7, 11) is 1.80.